The SMILES string of the molecule is CC(SCc1ccccc1)C(=O)NCc1nnc(C(C)C)s1. The maximum absolute atomic E-state index is 12.1. The molecular formula is C16H21N3OS2. The third-order valence-corrected chi connectivity index (χ3v) is 5.54. The number of nitrogens with one attached hydrogen (secondary N) is 1. The van der Waals surface area contributed by atoms with E-state index in [4.69, 9.17) is 0 Å². The van der Waals surface area contributed by atoms with E-state index in [9.17, 15) is 4.79 Å². The van der Waals surface area contributed by atoms with Crippen LogP contribution in [0.5, 0.6) is 0 Å². The van der Waals surface area contributed by atoms with Crippen LogP contribution < -0.4 is 5.32 Å². The third-order valence-electron chi connectivity index (χ3n) is 3.10. The van der Waals surface area contributed by atoms with Gasteiger partial charge in [-0.3, -0.25) is 4.79 Å². The average molecular weight is 335 g/mol. The minimum atomic E-state index is -0.0855. The van der Waals surface area contributed by atoms with Gasteiger partial charge in [0, 0.05) is 11.7 Å². The predicted molar refractivity (Wildman–Crippen MR) is 93.0 cm³/mol. The fraction of sp³-hybridized carbons (Fsp3) is 0.438. The lowest BCUT2D eigenvalue weighted by Crippen LogP contribution is -2.30. The maximum Gasteiger partial charge on any atom is 0.233 e. The largest absolute Gasteiger partial charge is 0.349 e. The third kappa shape index (κ3) is 5.10. The van der Waals surface area contributed by atoms with Crippen molar-refractivity contribution < 1.29 is 4.79 Å². The highest BCUT2D eigenvalue weighted by atomic mass is 32.2. The van der Waals surface area contributed by atoms with Gasteiger partial charge < -0.3 is 5.32 Å². The van der Waals surface area contributed by atoms with E-state index < -0.39 is 0 Å². The number of aromatic nitrogens is 2. The van der Waals surface area contributed by atoms with Crippen LogP contribution in [0.1, 0.15) is 42.3 Å². The van der Waals surface area contributed by atoms with Crippen LogP contribution in [0, 0.1) is 0 Å². The highest BCUT2D eigenvalue weighted by Crippen LogP contribution is 2.20. The van der Waals surface area contributed by atoms with Crippen molar-refractivity contribution in [2.24, 2.45) is 0 Å². The van der Waals surface area contributed by atoms with Crippen LogP contribution in [0.3, 0.4) is 0 Å². The number of thioether (sulfide) groups is 1. The van der Waals surface area contributed by atoms with E-state index in [0.29, 0.717) is 12.5 Å². The van der Waals surface area contributed by atoms with Crippen molar-refractivity contribution in [1.82, 2.24) is 15.5 Å². The van der Waals surface area contributed by atoms with Gasteiger partial charge in [-0.25, -0.2) is 0 Å². The summed E-state index contributed by atoms with van der Waals surface area (Å²) in [5.41, 5.74) is 1.23. The smallest absolute Gasteiger partial charge is 0.233 e. The molecule has 0 aliphatic rings. The summed E-state index contributed by atoms with van der Waals surface area (Å²) in [5, 5.41) is 13.0. The van der Waals surface area contributed by atoms with E-state index in [1.54, 1.807) is 23.1 Å². The topological polar surface area (TPSA) is 54.9 Å². The summed E-state index contributed by atoms with van der Waals surface area (Å²) >= 11 is 3.20. The van der Waals surface area contributed by atoms with Crippen molar-refractivity contribution in [3.63, 3.8) is 0 Å². The Bertz CT molecular complexity index is 598. The molecule has 0 aliphatic heterocycles. The van der Waals surface area contributed by atoms with Crippen LogP contribution in [0.15, 0.2) is 30.3 Å². The molecule has 1 aromatic heterocycles. The molecule has 0 fully saturated rings. The average Bonchev–Trinajstić information content (AvgIpc) is 3.00. The van der Waals surface area contributed by atoms with Crippen LogP contribution in [-0.2, 0) is 17.1 Å². The van der Waals surface area contributed by atoms with Crippen molar-refractivity contribution in [3.8, 4) is 0 Å². The molecule has 6 heteroatoms. The molecule has 2 aromatic rings. The van der Waals surface area contributed by atoms with Crippen LogP contribution >= 0.6 is 23.1 Å². The van der Waals surface area contributed by atoms with Gasteiger partial charge >= 0.3 is 0 Å². The summed E-state index contributed by atoms with van der Waals surface area (Å²) in [6.45, 7) is 6.57. The van der Waals surface area contributed by atoms with Gasteiger partial charge in [0.05, 0.1) is 11.8 Å². The Morgan fingerprint density at radius 3 is 2.59 bits per heavy atom. The summed E-state index contributed by atoms with van der Waals surface area (Å²) < 4.78 is 0. The molecule has 1 aromatic carbocycles. The monoisotopic (exact) mass is 335 g/mol. The molecule has 1 N–H and O–H groups in total. The Labute approximate surface area is 139 Å². The second-order valence-electron chi connectivity index (χ2n) is 5.35. The number of amides is 1. The van der Waals surface area contributed by atoms with Gasteiger partial charge in [-0.2, -0.15) is 0 Å². The number of carbonyl (C=O) groups excluding carboxylic acids is 1. The Morgan fingerprint density at radius 2 is 1.95 bits per heavy atom. The molecule has 1 amide bonds. The Balaban J connectivity index is 1.76. The molecule has 4 nitrogen and oxygen atoms in total. The highest BCUT2D eigenvalue weighted by molar-refractivity contribution is 7.99. The summed E-state index contributed by atoms with van der Waals surface area (Å²) in [7, 11) is 0. The first-order chi connectivity index (χ1) is 10.6. The van der Waals surface area contributed by atoms with Gasteiger partial charge in [-0.1, -0.05) is 55.5 Å². The lowest BCUT2D eigenvalue weighted by Gasteiger charge is -2.11. The fourth-order valence-electron chi connectivity index (χ4n) is 1.75. The van der Waals surface area contributed by atoms with E-state index in [1.165, 1.54) is 5.56 Å². The zero-order chi connectivity index (χ0) is 15.9. The number of hydrogen-bond donors (Lipinski definition) is 1. The number of nitrogens with zero attached hydrogens (tertiary/aromatic N) is 2. The number of hydrogen-bond acceptors (Lipinski definition) is 5. The van der Waals surface area contributed by atoms with Gasteiger partial charge in [-0.05, 0) is 12.5 Å². The molecule has 1 heterocycles. The fourth-order valence-corrected chi connectivity index (χ4v) is 3.40. The minimum absolute atomic E-state index is 0.0437. The first-order valence-electron chi connectivity index (χ1n) is 7.31. The molecule has 0 aliphatic carbocycles. The van der Waals surface area contributed by atoms with E-state index in [1.807, 2.05) is 25.1 Å². The number of rotatable bonds is 7. The van der Waals surface area contributed by atoms with Crippen molar-refractivity contribution in [2.75, 3.05) is 0 Å². The molecule has 0 spiro atoms. The Hall–Kier alpha value is -1.40. The van der Waals surface area contributed by atoms with Crippen molar-refractivity contribution in [2.45, 2.75) is 44.2 Å². The molecule has 0 radical (unpaired) electrons. The summed E-state index contributed by atoms with van der Waals surface area (Å²) in [6.07, 6.45) is 0. The van der Waals surface area contributed by atoms with Crippen LogP contribution in [-0.4, -0.2) is 21.4 Å². The zero-order valence-electron chi connectivity index (χ0n) is 13.1. The molecule has 1 unspecified atom stereocenters. The van der Waals surface area contributed by atoms with Crippen LogP contribution in [0.25, 0.3) is 0 Å². The van der Waals surface area contributed by atoms with Crippen LogP contribution in [0.2, 0.25) is 0 Å². The summed E-state index contributed by atoms with van der Waals surface area (Å²) in [5.74, 6) is 1.26. The molecule has 118 valence electrons. The molecule has 22 heavy (non-hydrogen) atoms. The maximum atomic E-state index is 12.1. The predicted octanol–water partition coefficient (Wildman–Crippen LogP) is 3.60. The van der Waals surface area contributed by atoms with Crippen molar-refractivity contribution in [1.29, 1.82) is 0 Å². The second-order valence-corrected chi connectivity index (χ2v) is 7.77. The van der Waals surface area contributed by atoms with Gasteiger partial charge in [0.25, 0.3) is 0 Å². The molecule has 0 saturated heterocycles. The number of carbonyl (C=O) groups is 1. The summed E-state index contributed by atoms with van der Waals surface area (Å²) in [6, 6.07) is 10.2. The second kappa shape index (κ2) is 8.29. The summed E-state index contributed by atoms with van der Waals surface area (Å²) in [4.78, 5) is 12.1. The lowest BCUT2D eigenvalue weighted by molar-refractivity contribution is -0.120. The standard InChI is InChI=1S/C16H21N3OS2/c1-11(2)16-19-18-14(22-16)9-17-15(20)12(3)21-10-13-7-5-4-6-8-13/h4-8,11-12H,9-10H2,1-3H3,(H,17,20). The van der Waals surface area contributed by atoms with E-state index in [2.05, 4.69) is 41.5 Å². The Morgan fingerprint density at radius 1 is 1.23 bits per heavy atom. The Kier molecular flexibility index (Phi) is 6.39. The highest BCUT2D eigenvalue weighted by Gasteiger charge is 2.14. The minimum Gasteiger partial charge on any atom is -0.349 e. The molecule has 0 saturated carbocycles. The number of benzene rings is 1. The van der Waals surface area contributed by atoms with Gasteiger partial charge in [0.15, 0.2) is 0 Å². The van der Waals surface area contributed by atoms with Gasteiger partial charge in [0.2, 0.25) is 5.91 Å². The molecule has 0 bridgehead atoms. The van der Waals surface area contributed by atoms with Gasteiger partial charge in [0.1, 0.15) is 10.0 Å². The quantitative estimate of drug-likeness (QED) is 0.840. The first kappa shape index (κ1) is 17.0. The molecule has 2 rings (SSSR count). The lowest BCUT2D eigenvalue weighted by atomic mass is 10.2. The van der Waals surface area contributed by atoms with Crippen molar-refractivity contribution in [3.05, 3.63) is 45.9 Å². The van der Waals surface area contributed by atoms with Crippen molar-refractivity contribution >= 4 is 29.0 Å². The normalized spacial score (nSPS) is 12.4. The molecule has 1 atom stereocenters. The van der Waals surface area contributed by atoms with Gasteiger partial charge in [-0.15, -0.1) is 22.0 Å². The van der Waals surface area contributed by atoms with E-state index in [0.717, 1.165) is 15.8 Å². The molecular weight excluding hydrogens is 314 g/mol. The van der Waals surface area contributed by atoms with E-state index in [-0.39, 0.29) is 11.2 Å². The zero-order valence-corrected chi connectivity index (χ0v) is 14.7. The van der Waals surface area contributed by atoms with E-state index >= 15 is 0 Å². The van der Waals surface area contributed by atoms with Crippen LogP contribution in [0.4, 0.5) is 0 Å². The first-order valence-corrected chi connectivity index (χ1v) is 9.18.